The molecule has 1 heterocycles. The van der Waals surface area contributed by atoms with E-state index in [1.54, 1.807) is 0 Å². The summed E-state index contributed by atoms with van der Waals surface area (Å²) in [5.74, 6) is 1.90. The third-order valence-electron chi connectivity index (χ3n) is 2.24. The lowest BCUT2D eigenvalue weighted by Gasteiger charge is -2.33. The van der Waals surface area contributed by atoms with Gasteiger partial charge in [0.2, 0.25) is 0 Å². The van der Waals surface area contributed by atoms with Crippen LogP contribution in [0.25, 0.3) is 0 Å². The molecule has 0 aromatic carbocycles. The predicted octanol–water partition coefficient (Wildman–Crippen LogP) is 2.85. The van der Waals surface area contributed by atoms with E-state index >= 15 is 0 Å². The van der Waals surface area contributed by atoms with Crippen molar-refractivity contribution in [1.29, 1.82) is 0 Å². The van der Waals surface area contributed by atoms with Gasteiger partial charge in [-0.05, 0) is 26.2 Å². The Labute approximate surface area is 92.2 Å². The van der Waals surface area contributed by atoms with Crippen molar-refractivity contribution >= 4 is 16.9 Å². The van der Waals surface area contributed by atoms with E-state index < -0.39 is 0 Å². The minimum atomic E-state index is 0.591. The average Bonchev–Trinajstić information content (AvgIpc) is 2.15. The van der Waals surface area contributed by atoms with Crippen LogP contribution in [0.1, 0.15) is 34.1 Å². The zero-order chi connectivity index (χ0) is 10.6. The van der Waals surface area contributed by atoms with E-state index in [0.29, 0.717) is 12.0 Å². The Balaban J connectivity index is 2.57. The SMILES string of the molecule is CC(C)C/N=C1\SCCCN1C(C)C. The molecule has 1 rings (SSSR count). The van der Waals surface area contributed by atoms with E-state index in [1.807, 2.05) is 11.8 Å². The lowest BCUT2D eigenvalue weighted by molar-refractivity contribution is 0.351. The van der Waals surface area contributed by atoms with Gasteiger partial charge in [0.1, 0.15) is 0 Å². The Bertz CT molecular complexity index is 199. The molecule has 3 heteroatoms. The number of hydrogen-bond donors (Lipinski definition) is 0. The molecule has 1 fully saturated rings. The van der Waals surface area contributed by atoms with Gasteiger partial charge < -0.3 is 4.90 Å². The second-order valence-electron chi connectivity index (χ2n) is 4.51. The first-order valence-electron chi connectivity index (χ1n) is 5.55. The molecule has 0 unspecified atom stereocenters. The number of nitrogens with zero attached hydrogens (tertiary/aromatic N) is 2. The van der Waals surface area contributed by atoms with Gasteiger partial charge >= 0.3 is 0 Å². The molecule has 0 aromatic heterocycles. The van der Waals surface area contributed by atoms with Crippen LogP contribution in [0.5, 0.6) is 0 Å². The molecule has 0 aliphatic carbocycles. The third kappa shape index (κ3) is 3.52. The Morgan fingerprint density at radius 3 is 2.64 bits per heavy atom. The van der Waals surface area contributed by atoms with Gasteiger partial charge in [-0.2, -0.15) is 0 Å². The summed E-state index contributed by atoms with van der Waals surface area (Å²) in [7, 11) is 0. The molecular weight excluding hydrogens is 192 g/mol. The topological polar surface area (TPSA) is 15.6 Å². The summed E-state index contributed by atoms with van der Waals surface area (Å²) < 4.78 is 0. The first kappa shape index (κ1) is 11.9. The fourth-order valence-corrected chi connectivity index (χ4v) is 2.54. The molecule has 0 amide bonds. The smallest absolute Gasteiger partial charge is 0.159 e. The first-order valence-corrected chi connectivity index (χ1v) is 6.53. The van der Waals surface area contributed by atoms with Crippen molar-refractivity contribution in [2.24, 2.45) is 10.9 Å². The monoisotopic (exact) mass is 214 g/mol. The molecule has 0 atom stereocenters. The highest BCUT2D eigenvalue weighted by Gasteiger charge is 2.19. The molecule has 82 valence electrons. The zero-order valence-corrected chi connectivity index (χ0v) is 10.6. The Kier molecular flexibility index (Phi) is 4.79. The first-order chi connectivity index (χ1) is 6.61. The Hall–Kier alpha value is -0.180. The van der Waals surface area contributed by atoms with Crippen LogP contribution in [0.3, 0.4) is 0 Å². The summed E-state index contributed by atoms with van der Waals surface area (Å²) in [5, 5.41) is 1.26. The van der Waals surface area contributed by atoms with Crippen LogP contribution in [0.4, 0.5) is 0 Å². The maximum Gasteiger partial charge on any atom is 0.159 e. The minimum absolute atomic E-state index is 0.591. The quantitative estimate of drug-likeness (QED) is 0.718. The normalized spacial score (nSPS) is 21.3. The molecule has 0 spiro atoms. The molecule has 0 N–H and O–H groups in total. The maximum absolute atomic E-state index is 4.69. The summed E-state index contributed by atoms with van der Waals surface area (Å²) in [5.41, 5.74) is 0. The molecule has 1 saturated heterocycles. The second kappa shape index (κ2) is 5.64. The minimum Gasteiger partial charge on any atom is -0.349 e. The van der Waals surface area contributed by atoms with Crippen molar-refractivity contribution in [3.8, 4) is 0 Å². The van der Waals surface area contributed by atoms with Crippen molar-refractivity contribution < 1.29 is 0 Å². The summed E-state index contributed by atoms with van der Waals surface area (Å²) >= 11 is 1.92. The largest absolute Gasteiger partial charge is 0.349 e. The molecule has 0 radical (unpaired) electrons. The van der Waals surface area contributed by atoms with Crippen LogP contribution in [-0.4, -0.2) is 35.0 Å². The van der Waals surface area contributed by atoms with Crippen molar-refractivity contribution in [2.75, 3.05) is 18.8 Å². The van der Waals surface area contributed by atoms with Crippen molar-refractivity contribution in [1.82, 2.24) is 4.90 Å². The van der Waals surface area contributed by atoms with Gasteiger partial charge in [-0.15, -0.1) is 0 Å². The van der Waals surface area contributed by atoms with Crippen molar-refractivity contribution in [2.45, 2.75) is 40.2 Å². The molecule has 0 saturated carbocycles. The van der Waals surface area contributed by atoms with Crippen LogP contribution in [0, 0.1) is 5.92 Å². The number of rotatable bonds is 3. The average molecular weight is 214 g/mol. The summed E-state index contributed by atoms with van der Waals surface area (Å²) in [4.78, 5) is 7.12. The van der Waals surface area contributed by atoms with E-state index in [1.165, 1.54) is 23.9 Å². The van der Waals surface area contributed by atoms with Gasteiger partial charge in [0.05, 0.1) is 0 Å². The van der Waals surface area contributed by atoms with Crippen LogP contribution in [-0.2, 0) is 0 Å². The molecule has 14 heavy (non-hydrogen) atoms. The molecule has 0 aromatic rings. The number of aliphatic imine (C=N–C) groups is 1. The maximum atomic E-state index is 4.69. The fraction of sp³-hybridized carbons (Fsp3) is 0.909. The third-order valence-corrected chi connectivity index (χ3v) is 3.35. The van der Waals surface area contributed by atoms with E-state index in [4.69, 9.17) is 4.99 Å². The summed E-state index contributed by atoms with van der Waals surface area (Å²) in [6.45, 7) is 11.1. The Morgan fingerprint density at radius 1 is 1.36 bits per heavy atom. The van der Waals surface area contributed by atoms with Gasteiger partial charge in [-0.1, -0.05) is 25.6 Å². The standard InChI is InChI=1S/C11H22N2S/c1-9(2)8-12-11-13(10(3)4)6-5-7-14-11/h9-10H,5-8H2,1-4H3/b12-11-. The summed E-state index contributed by atoms with van der Waals surface area (Å²) in [6.07, 6.45) is 1.30. The van der Waals surface area contributed by atoms with Crippen LogP contribution in [0.15, 0.2) is 4.99 Å². The number of thioether (sulfide) groups is 1. The van der Waals surface area contributed by atoms with E-state index in [-0.39, 0.29) is 0 Å². The van der Waals surface area contributed by atoms with Crippen molar-refractivity contribution in [3.05, 3.63) is 0 Å². The van der Waals surface area contributed by atoms with E-state index in [9.17, 15) is 0 Å². The van der Waals surface area contributed by atoms with Crippen LogP contribution >= 0.6 is 11.8 Å². The summed E-state index contributed by atoms with van der Waals surface area (Å²) in [6, 6.07) is 0.591. The fourth-order valence-electron chi connectivity index (χ4n) is 1.45. The van der Waals surface area contributed by atoms with Gasteiger partial charge in [0.25, 0.3) is 0 Å². The van der Waals surface area contributed by atoms with Crippen LogP contribution < -0.4 is 0 Å². The molecule has 0 bridgehead atoms. The lowest BCUT2D eigenvalue weighted by atomic mass is 10.2. The molecule has 1 aliphatic rings. The van der Waals surface area contributed by atoms with Crippen LogP contribution in [0.2, 0.25) is 0 Å². The van der Waals surface area contributed by atoms with Gasteiger partial charge in [0, 0.05) is 24.9 Å². The van der Waals surface area contributed by atoms with E-state index in [2.05, 4.69) is 32.6 Å². The highest BCUT2D eigenvalue weighted by Crippen LogP contribution is 2.20. The van der Waals surface area contributed by atoms with E-state index in [0.717, 1.165) is 6.54 Å². The number of amidine groups is 1. The predicted molar refractivity (Wildman–Crippen MR) is 66.1 cm³/mol. The van der Waals surface area contributed by atoms with Gasteiger partial charge in [0.15, 0.2) is 5.17 Å². The van der Waals surface area contributed by atoms with Crippen molar-refractivity contribution in [3.63, 3.8) is 0 Å². The number of hydrogen-bond acceptors (Lipinski definition) is 2. The van der Waals surface area contributed by atoms with Gasteiger partial charge in [-0.25, -0.2) is 0 Å². The molecular formula is C11H22N2S. The Morgan fingerprint density at radius 2 is 2.07 bits per heavy atom. The zero-order valence-electron chi connectivity index (χ0n) is 9.79. The highest BCUT2D eigenvalue weighted by molar-refractivity contribution is 8.13. The highest BCUT2D eigenvalue weighted by atomic mass is 32.2. The lowest BCUT2D eigenvalue weighted by Crippen LogP contribution is -2.39. The molecule has 1 aliphatic heterocycles. The van der Waals surface area contributed by atoms with Gasteiger partial charge in [-0.3, -0.25) is 4.99 Å². The molecule has 2 nitrogen and oxygen atoms in total. The second-order valence-corrected chi connectivity index (χ2v) is 5.57.